The largest absolute Gasteiger partial charge is 0.299 e. The van der Waals surface area contributed by atoms with E-state index in [0.29, 0.717) is 28.5 Å². The summed E-state index contributed by atoms with van der Waals surface area (Å²) in [6, 6.07) is 4.92. The zero-order chi connectivity index (χ0) is 14.7. The molecule has 0 amide bonds. The van der Waals surface area contributed by atoms with Crippen molar-refractivity contribution in [3.63, 3.8) is 0 Å². The number of carbonyl (C=O) groups is 1. The Bertz CT molecular complexity index is 533. The number of nitrogens with zero attached hydrogens (tertiary/aromatic N) is 1. The minimum absolute atomic E-state index is 0.106. The third-order valence-electron chi connectivity index (χ3n) is 3.80. The number of hydrogen-bond donors (Lipinski definition) is 0. The van der Waals surface area contributed by atoms with Gasteiger partial charge in [-0.15, -0.1) is 0 Å². The monoisotopic (exact) mass is 315 g/mol. The van der Waals surface area contributed by atoms with Crippen LogP contribution in [0.2, 0.25) is 10.0 Å². The molecular formula is C14H15Cl2NO3. The summed E-state index contributed by atoms with van der Waals surface area (Å²) in [5.74, 6) is -0.676. The molecule has 1 saturated carbocycles. The van der Waals surface area contributed by atoms with Gasteiger partial charge < -0.3 is 0 Å². The van der Waals surface area contributed by atoms with E-state index in [4.69, 9.17) is 23.2 Å². The van der Waals surface area contributed by atoms with Crippen LogP contribution in [0.3, 0.4) is 0 Å². The van der Waals surface area contributed by atoms with Crippen molar-refractivity contribution in [3.05, 3.63) is 43.9 Å². The Hall–Kier alpha value is -1.13. The number of benzene rings is 1. The lowest BCUT2D eigenvalue weighted by Crippen LogP contribution is -2.30. The average Bonchev–Trinajstić information content (AvgIpc) is 2.37. The smallest absolute Gasteiger partial charge is 0.211 e. The van der Waals surface area contributed by atoms with Gasteiger partial charge >= 0.3 is 0 Å². The van der Waals surface area contributed by atoms with E-state index in [9.17, 15) is 14.9 Å². The van der Waals surface area contributed by atoms with Gasteiger partial charge in [-0.2, -0.15) is 0 Å². The Morgan fingerprint density at radius 3 is 2.70 bits per heavy atom. The van der Waals surface area contributed by atoms with Gasteiger partial charge in [-0.3, -0.25) is 14.9 Å². The summed E-state index contributed by atoms with van der Waals surface area (Å²) in [7, 11) is 0. The number of carbonyl (C=O) groups excluding carboxylic acids is 1. The molecule has 0 saturated heterocycles. The van der Waals surface area contributed by atoms with Crippen LogP contribution in [0.25, 0.3) is 0 Å². The highest BCUT2D eigenvalue weighted by Gasteiger charge is 2.35. The Kier molecular flexibility index (Phi) is 5.00. The maximum Gasteiger partial charge on any atom is 0.211 e. The van der Waals surface area contributed by atoms with Gasteiger partial charge in [-0.1, -0.05) is 35.7 Å². The van der Waals surface area contributed by atoms with Gasteiger partial charge in [0.2, 0.25) is 6.54 Å². The molecule has 108 valence electrons. The highest BCUT2D eigenvalue weighted by Crippen LogP contribution is 2.37. The normalized spacial score (nSPS) is 20.7. The average molecular weight is 316 g/mol. The van der Waals surface area contributed by atoms with Crippen LogP contribution in [-0.2, 0) is 4.79 Å². The maximum absolute atomic E-state index is 12.1. The molecule has 1 aromatic rings. The van der Waals surface area contributed by atoms with E-state index in [1.54, 1.807) is 18.2 Å². The SMILES string of the molecule is O=C1CCCC[C@@H]1[C@H](C[N+](=O)[O-])c1ccc(Cl)cc1Cl. The second-order valence-electron chi connectivity index (χ2n) is 5.11. The van der Waals surface area contributed by atoms with Crippen LogP contribution in [0.1, 0.15) is 37.2 Å². The van der Waals surface area contributed by atoms with Crippen LogP contribution in [0.15, 0.2) is 18.2 Å². The first kappa shape index (κ1) is 15.3. The van der Waals surface area contributed by atoms with Gasteiger partial charge in [0.25, 0.3) is 0 Å². The number of rotatable bonds is 4. The molecule has 1 fully saturated rings. The molecule has 1 aliphatic rings. The fourth-order valence-electron chi connectivity index (χ4n) is 2.84. The van der Waals surface area contributed by atoms with Crippen molar-refractivity contribution >= 4 is 29.0 Å². The lowest BCUT2D eigenvalue weighted by atomic mass is 9.76. The number of nitro groups is 1. The zero-order valence-electron chi connectivity index (χ0n) is 10.9. The molecule has 20 heavy (non-hydrogen) atoms. The number of hydrogen-bond acceptors (Lipinski definition) is 3. The predicted octanol–water partition coefficient (Wildman–Crippen LogP) is 4.11. The van der Waals surface area contributed by atoms with E-state index in [1.807, 2.05) is 0 Å². The second-order valence-corrected chi connectivity index (χ2v) is 5.95. The van der Waals surface area contributed by atoms with E-state index in [2.05, 4.69) is 0 Å². The van der Waals surface area contributed by atoms with Crippen molar-refractivity contribution in [2.45, 2.75) is 31.6 Å². The quantitative estimate of drug-likeness (QED) is 0.620. The van der Waals surface area contributed by atoms with E-state index in [-0.39, 0.29) is 23.2 Å². The van der Waals surface area contributed by atoms with Crippen molar-refractivity contribution in [3.8, 4) is 0 Å². The molecule has 0 unspecified atom stereocenters. The highest BCUT2D eigenvalue weighted by molar-refractivity contribution is 6.35. The van der Waals surface area contributed by atoms with E-state index in [0.717, 1.165) is 12.8 Å². The molecule has 0 aliphatic heterocycles. The fraction of sp³-hybridized carbons (Fsp3) is 0.500. The van der Waals surface area contributed by atoms with Gasteiger partial charge in [0.1, 0.15) is 5.78 Å². The van der Waals surface area contributed by atoms with E-state index in [1.165, 1.54) is 0 Å². The van der Waals surface area contributed by atoms with Crippen LogP contribution in [0, 0.1) is 16.0 Å². The summed E-state index contributed by atoms with van der Waals surface area (Å²) in [6.07, 6.45) is 2.99. The van der Waals surface area contributed by atoms with Gasteiger partial charge in [0, 0.05) is 27.3 Å². The Morgan fingerprint density at radius 1 is 1.35 bits per heavy atom. The third kappa shape index (κ3) is 3.49. The van der Waals surface area contributed by atoms with Crippen LogP contribution in [0.5, 0.6) is 0 Å². The molecule has 4 nitrogen and oxygen atoms in total. The Labute approximate surface area is 127 Å². The third-order valence-corrected chi connectivity index (χ3v) is 4.36. The molecule has 0 N–H and O–H groups in total. The van der Waals surface area contributed by atoms with Gasteiger partial charge in [-0.05, 0) is 30.5 Å². The lowest BCUT2D eigenvalue weighted by molar-refractivity contribution is -0.484. The van der Waals surface area contributed by atoms with E-state index < -0.39 is 5.92 Å². The van der Waals surface area contributed by atoms with Crippen molar-refractivity contribution in [2.24, 2.45) is 5.92 Å². The molecule has 0 aromatic heterocycles. The topological polar surface area (TPSA) is 60.2 Å². The van der Waals surface area contributed by atoms with Crippen molar-refractivity contribution < 1.29 is 9.72 Å². The molecule has 1 aliphatic carbocycles. The summed E-state index contributed by atoms with van der Waals surface area (Å²) in [5, 5.41) is 11.8. The molecule has 0 radical (unpaired) electrons. The zero-order valence-corrected chi connectivity index (χ0v) is 12.4. The summed E-state index contributed by atoms with van der Waals surface area (Å²) in [4.78, 5) is 22.6. The number of Topliss-reactive ketones (excluding diaryl/α,β-unsaturated/α-hetero) is 1. The fourth-order valence-corrected chi connectivity index (χ4v) is 3.39. The molecular weight excluding hydrogens is 301 g/mol. The number of ketones is 1. The minimum Gasteiger partial charge on any atom is -0.299 e. The first-order valence-electron chi connectivity index (χ1n) is 6.58. The Balaban J connectivity index is 2.35. The Morgan fingerprint density at radius 2 is 2.10 bits per heavy atom. The molecule has 1 aromatic carbocycles. The van der Waals surface area contributed by atoms with Gasteiger partial charge in [-0.25, -0.2) is 0 Å². The molecule has 0 spiro atoms. The molecule has 2 rings (SSSR count). The van der Waals surface area contributed by atoms with Crippen LogP contribution < -0.4 is 0 Å². The van der Waals surface area contributed by atoms with Crippen molar-refractivity contribution in [1.82, 2.24) is 0 Å². The summed E-state index contributed by atoms with van der Waals surface area (Å²) in [5.41, 5.74) is 0.646. The first-order valence-corrected chi connectivity index (χ1v) is 7.34. The molecule has 0 bridgehead atoms. The maximum atomic E-state index is 12.1. The highest BCUT2D eigenvalue weighted by atomic mass is 35.5. The molecule has 6 heteroatoms. The summed E-state index contributed by atoms with van der Waals surface area (Å²) in [6.45, 7) is -0.280. The second kappa shape index (κ2) is 6.55. The van der Waals surface area contributed by atoms with Crippen LogP contribution in [-0.4, -0.2) is 17.3 Å². The number of halogens is 2. The lowest BCUT2D eigenvalue weighted by Gasteiger charge is -2.27. The van der Waals surface area contributed by atoms with Crippen molar-refractivity contribution in [2.75, 3.05) is 6.54 Å². The molecule has 0 heterocycles. The molecule has 2 atom stereocenters. The van der Waals surface area contributed by atoms with E-state index >= 15 is 0 Å². The minimum atomic E-state index is -0.470. The standard InChI is InChI=1S/C14H15Cl2NO3/c15-9-5-6-10(13(16)7-9)12(8-17(19)20)11-3-1-2-4-14(11)18/h5-7,11-12H,1-4,8H2/t11-,12-/m1/s1. The predicted molar refractivity (Wildman–Crippen MR) is 78.0 cm³/mol. The van der Waals surface area contributed by atoms with Crippen LogP contribution in [0.4, 0.5) is 0 Å². The first-order chi connectivity index (χ1) is 9.49. The van der Waals surface area contributed by atoms with Gasteiger partial charge in [0.05, 0.1) is 5.92 Å². The van der Waals surface area contributed by atoms with Crippen LogP contribution >= 0.6 is 23.2 Å². The summed E-state index contributed by atoms with van der Waals surface area (Å²) < 4.78 is 0. The van der Waals surface area contributed by atoms with Gasteiger partial charge in [0.15, 0.2) is 0 Å². The summed E-state index contributed by atoms with van der Waals surface area (Å²) >= 11 is 12.0. The van der Waals surface area contributed by atoms with Crippen molar-refractivity contribution in [1.29, 1.82) is 0 Å².